The first-order chi connectivity index (χ1) is 9.83. The van der Waals surface area contributed by atoms with Crippen LogP contribution >= 0.6 is 11.6 Å². The Morgan fingerprint density at radius 1 is 1.35 bits per heavy atom. The number of rotatable bonds is 2. The van der Waals surface area contributed by atoms with E-state index in [2.05, 4.69) is 10.3 Å². The van der Waals surface area contributed by atoms with Gasteiger partial charge in [-0.25, -0.2) is 14.5 Å². The smallest absolute Gasteiger partial charge is 0.208 e. The number of imidazole rings is 1. The lowest BCUT2D eigenvalue weighted by molar-refractivity contribution is 0.529. The van der Waals surface area contributed by atoms with Crippen molar-refractivity contribution in [1.29, 1.82) is 0 Å². The van der Waals surface area contributed by atoms with Crippen LogP contribution in [0.15, 0.2) is 34.9 Å². The third-order valence-corrected chi connectivity index (χ3v) is 3.85. The zero-order valence-corrected chi connectivity index (χ0v) is 11.5. The molecule has 0 spiro atoms. The average molecular weight is 289 g/mol. The van der Waals surface area contributed by atoms with Crippen LogP contribution in [0.25, 0.3) is 17.0 Å². The van der Waals surface area contributed by atoms with Gasteiger partial charge in [0.1, 0.15) is 11.3 Å². The lowest BCUT2D eigenvalue weighted by atomic mass is 10.1. The van der Waals surface area contributed by atoms with E-state index in [1.165, 1.54) is 0 Å². The molecule has 1 saturated heterocycles. The molecule has 20 heavy (non-hydrogen) atoms. The second-order valence-electron chi connectivity index (χ2n) is 4.92. The fourth-order valence-corrected chi connectivity index (χ4v) is 2.86. The van der Waals surface area contributed by atoms with Crippen LogP contribution in [0.2, 0.25) is 5.22 Å². The summed E-state index contributed by atoms with van der Waals surface area (Å²) in [6, 6.07) is 7.45. The van der Waals surface area contributed by atoms with Crippen LogP contribution in [0.1, 0.15) is 18.2 Å². The van der Waals surface area contributed by atoms with Gasteiger partial charge in [0.15, 0.2) is 10.9 Å². The molecule has 0 saturated carbocycles. The highest BCUT2D eigenvalue weighted by molar-refractivity contribution is 6.28. The van der Waals surface area contributed by atoms with Gasteiger partial charge in [-0.1, -0.05) is 0 Å². The molecule has 3 aromatic rings. The molecule has 4 rings (SSSR count). The Labute approximate surface area is 120 Å². The van der Waals surface area contributed by atoms with Crippen LogP contribution in [0.4, 0.5) is 0 Å². The Bertz CT molecular complexity index is 757. The van der Waals surface area contributed by atoms with Crippen LogP contribution in [0.3, 0.4) is 0 Å². The Morgan fingerprint density at radius 2 is 2.30 bits per heavy atom. The van der Waals surface area contributed by atoms with E-state index in [9.17, 15) is 0 Å². The number of pyridine rings is 1. The van der Waals surface area contributed by atoms with Crippen LogP contribution < -0.4 is 5.32 Å². The molecule has 1 fully saturated rings. The summed E-state index contributed by atoms with van der Waals surface area (Å²) in [5, 5.41) is 3.74. The van der Waals surface area contributed by atoms with E-state index in [1.807, 2.05) is 22.8 Å². The maximum atomic E-state index is 5.91. The average Bonchev–Trinajstić information content (AvgIpc) is 3.16. The quantitative estimate of drug-likeness (QED) is 0.788. The topological polar surface area (TPSA) is 55.9 Å². The number of aromatic nitrogens is 3. The molecule has 3 aromatic heterocycles. The molecule has 102 valence electrons. The number of halogens is 1. The Hall–Kier alpha value is -1.85. The fourth-order valence-electron chi connectivity index (χ4n) is 2.72. The van der Waals surface area contributed by atoms with Gasteiger partial charge in [-0.15, -0.1) is 0 Å². The molecule has 0 aliphatic carbocycles. The van der Waals surface area contributed by atoms with Crippen LogP contribution in [0, 0.1) is 0 Å². The third-order valence-electron chi connectivity index (χ3n) is 3.65. The summed E-state index contributed by atoms with van der Waals surface area (Å²) < 4.78 is 7.54. The third kappa shape index (κ3) is 1.82. The van der Waals surface area contributed by atoms with Gasteiger partial charge in [0, 0.05) is 24.7 Å². The van der Waals surface area contributed by atoms with Gasteiger partial charge in [-0.3, -0.25) is 0 Å². The second kappa shape index (κ2) is 4.61. The molecule has 0 radical (unpaired) electrons. The summed E-state index contributed by atoms with van der Waals surface area (Å²) >= 11 is 5.91. The van der Waals surface area contributed by atoms with Crippen LogP contribution in [-0.4, -0.2) is 27.6 Å². The molecule has 1 aliphatic rings. The first kappa shape index (κ1) is 11.9. The van der Waals surface area contributed by atoms with Crippen LogP contribution in [-0.2, 0) is 0 Å². The van der Waals surface area contributed by atoms with Crippen molar-refractivity contribution in [3.05, 3.63) is 41.5 Å². The summed E-state index contributed by atoms with van der Waals surface area (Å²) in [6.45, 7) is 1.94. The van der Waals surface area contributed by atoms with E-state index in [0.717, 1.165) is 36.5 Å². The zero-order valence-electron chi connectivity index (χ0n) is 10.7. The van der Waals surface area contributed by atoms with Crippen molar-refractivity contribution in [3.8, 4) is 5.88 Å². The lowest BCUT2D eigenvalue weighted by Crippen LogP contribution is -2.12. The first-order valence-corrected chi connectivity index (χ1v) is 7.00. The second-order valence-corrected chi connectivity index (χ2v) is 5.29. The van der Waals surface area contributed by atoms with Gasteiger partial charge in [0.2, 0.25) is 5.88 Å². The summed E-state index contributed by atoms with van der Waals surface area (Å²) in [5.74, 6) is 2.01. The van der Waals surface area contributed by atoms with Crippen molar-refractivity contribution in [2.75, 3.05) is 13.1 Å². The molecule has 1 atom stereocenters. The number of fused-ring (bicyclic) bond motifs is 1. The highest BCUT2D eigenvalue weighted by Crippen LogP contribution is 2.29. The highest BCUT2D eigenvalue weighted by Gasteiger charge is 2.25. The standard InChI is InChI=1S/C14H13ClN4O/c15-11-3-4-12(20-11)19-13(9-5-7-16-8-9)18-10-2-1-6-17-14(10)19/h1-4,6,9,16H,5,7-8H2. The largest absolute Gasteiger partial charge is 0.428 e. The van der Waals surface area contributed by atoms with Crippen molar-refractivity contribution in [1.82, 2.24) is 19.9 Å². The predicted octanol–water partition coefficient (Wildman–Crippen LogP) is 2.74. The van der Waals surface area contributed by atoms with E-state index in [1.54, 1.807) is 12.3 Å². The van der Waals surface area contributed by atoms with Gasteiger partial charge in [0.05, 0.1) is 0 Å². The van der Waals surface area contributed by atoms with Gasteiger partial charge >= 0.3 is 0 Å². The van der Waals surface area contributed by atoms with Crippen molar-refractivity contribution in [2.24, 2.45) is 0 Å². The van der Waals surface area contributed by atoms with Gasteiger partial charge < -0.3 is 9.73 Å². The normalized spacial score (nSPS) is 18.9. The number of hydrogen-bond donors (Lipinski definition) is 1. The first-order valence-electron chi connectivity index (χ1n) is 6.63. The summed E-state index contributed by atoms with van der Waals surface area (Å²) in [5.41, 5.74) is 1.68. The Morgan fingerprint density at radius 3 is 3.05 bits per heavy atom. The molecule has 1 N–H and O–H groups in total. The van der Waals surface area contributed by atoms with Crippen molar-refractivity contribution in [3.63, 3.8) is 0 Å². The van der Waals surface area contributed by atoms with E-state index < -0.39 is 0 Å². The Kier molecular flexibility index (Phi) is 2.75. The van der Waals surface area contributed by atoms with Gasteiger partial charge in [-0.2, -0.15) is 0 Å². The fraction of sp³-hybridized carbons (Fsp3) is 0.286. The molecular weight excluding hydrogens is 276 g/mol. The van der Waals surface area contributed by atoms with Crippen LogP contribution in [0.5, 0.6) is 0 Å². The molecule has 1 aliphatic heterocycles. The predicted molar refractivity (Wildman–Crippen MR) is 76.4 cm³/mol. The number of furan rings is 1. The molecule has 6 heteroatoms. The zero-order chi connectivity index (χ0) is 13.5. The SMILES string of the molecule is Clc1ccc(-n2c(C3CCNC3)nc3cccnc32)o1. The maximum absolute atomic E-state index is 5.91. The van der Waals surface area contributed by atoms with E-state index in [0.29, 0.717) is 17.0 Å². The van der Waals surface area contributed by atoms with E-state index in [4.69, 9.17) is 21.0 Å². The molecule has 0 bridgehead atoms. The summed E-state index contributed by atoms with van der Waals surface area (Å²) in [6.07, 6.45) is 2.83. The number of nitrogens with zero attached hydrogens (tertiary/aromatic N) is 3. The highest BCUT2D eigenvalue weighted by atomic mass is 35.5. The van der Waals surface area contributed by atoms with E-state index >= 15 is 0 Å². The van der Waals surface area contributed by atoms with Crippen molar-refractivity contribution in [2.45, 2.75) is 12.3 Å². The number of nitrogens with one attached hydrogen (secondary N) is 1. The molecule has 4 heterocycles. The summed E-state index contributed by atoms with van der Waals surface area (Å²) in [7, 11) is 0. The lowest BCUT2D eigenvalue weighted by Gasteiger charge is -2.09. The van der Waals surface area contributed by atoms with Gasteiger partial charge in [0.25, 0.3) is 0 Å². The number of hydrogen-bond acceptors (Lipinski definition) is 4. The molecule has 0 aromatic carbocycles. The minimum absolute atomic E-state index is 0.369. The van der Waals surface area contributed by atoms with Crippen molar-refractivity contribution < 1.29 is 4.42 Å². The summed E-state index contributed by atoms with van der Waals surface area (Å²) in [4.78, 5) is 9.17. The molecular formula is C14H13ClN4O. The van der Waals surface area contributed by atoms with E-state index in [-0.39, 0.29) is 0 Å². The minimum Gasteiger partial charge on any atom is -0.428 e. The minimum atomic E-state index is 0.369. The monoisotopic (exact) mass is 288 g/mol. The Balaban J connectivity index is 1.97. The molecule has 0 amide bonds. The molecule has 5 nitrogen and oxygen atoms in total. The maximum Gasteiger partial charge on any atom is 0.208 e. The van der Waals surface area contributed by atoms with Crippen molar-refractivity contribution >= 4 is 22.8 Å². The molecule has 1 unspecified atom stereocenters. The van der Waals surface area contributed by atoms with Gasteiger partial charge in [-0.05, 0) is 42.8 Å².